The first-order valence-corrected chi connectivity index (χ1v) is 5.49. The number of nitrogens with two attached hydrogens (primary N) is 1. The Balaban J connectivity index is 2.65. The molecule has 90 valence electrons. The zero-order chi connectivity index (χ0) is 12.0. The minimum absolute atomic E-state index is 0.106. The second-order valence-electron chi connectivity index (χ2n) is 3.81. The highest BCUT2D eigenvalue weighted by Crippen LogP contribution is 2.18. The van der Waals surface area contributed by atoms with E-state index in [1.54, 1.807) is 7.11 Å². The zero-order valence-electron chi connectivity index (χ0n) is 10.2. The molecule has 2 N–H and O–H groups in total. The van der Waals surface area contributed by atoms with Crippen molar-refractivity contribution >= 4 is 0 Å². The van der Waals surface area contributed by atoms with Crippen LogP contribution in [0, 0.1) is 6.92 Å². The van der Waals surface area contributed by atoms with Gasteiger partial charge in [-0.3, -0.25) is 4.98 Å². The average molecular weight is 224 g/mol. The highest BCUT2D eigenvalue weighted by atomic mass is 16.5. The van der Waals surface area contributed by atoms with Crippen LogP contribution in [-0.2, 0) is 11.3 Å². The fourth-order valence-corrected chi connectivity index (χ4v) is 1.41. The molecule has 1 rings (SSSR count). The molecule has 0 amide bonds. The minimum atomic E-state index is 0.106. The van der Waals surface area contributed by atoms with E-state index in [0.717, 1.165) is 23.6 Å². The number of hydrogen-bond donors (Lipinski definition) is 1. The molecule has 0 radical (unpaired) electrons. The monoisotopic (exact) mass is 224 g/mol. The third-order valence-corrected chi connectivity index (χ3v) is 2.32. The molecule has 0 aromatic carbocycles. The Bertz CT molecular complexity index is 329. The topological polar surface area (TPSA) is 57.4 Å². The van der Waals surface area contributed by atoms with Crippen molar-refractivity contribution in [3.63, 3.8) is 0 Å². The lowest BCUT2D eigenvalue weighted by atomic mass is 10.2. The van der Waals surface area contributed by atoms with Gasteiger partial charge in [-0.25, -0.2) is 0 Å². The van der Waals surface area contributed by atoms with Gasteiger partial charge in [-0.05, 0) is 26.0 Å². The summed E-state index contributed by atoms with van der Waals surface area (Å²) in [5.41, 5.74) is 7.39. The number of nitrogens with zero attached hydrogens (tertiary/aromatic N) is 1. The lowest BCUT2D eigenvalue weighted by molar-refractivity contribution is 0.134. The number of aryl methyl sites for hydroxylation is 1. The Morgan fingerprint density at radius 3 is 2.81 bits per heavy atom. The smallest absolute Gasteiger partial charge is 0.142 e. The second kappa shape index (κ2) is 6.45. The van der Waals surface area contributed by atoms with Crippen LogP contribution in [0.5, 0.6) is 5.75 Å². The Morgan fingerprint density at radius 2 is 2.19 bits per heavy atom. The predicted octanol–water partition coefficient (Wildman–Crippen LogP) is 1.65. The summed E-state index contributed by atoms with van der Waals surface area (Å²) in [6.45, 7) is 5.04. The molecule has 0 saturated heterocycles. The first kappa shape index (κ1) is 12.9. The minimum Gasteiger partial charge on any atom is -0.489 e. The summed E-state index contributed by atoms with van der Waals surface area (Å²) >= 11 is 0. The highest BCUT2D eigenvalue weighted by Gasteiger charge is 2.08. The van der Waals surface area contributed by atoms with Crippen molar-refractivity contribution in [3.05, 3.63) is 23.5 Å². The van der Waals surface area contributed by atoms with E-state index in [-0.39, 0.29) is 6.10 Å². The van der Waals surface area contributed by atoms with Gasteiger partial charge in [-0.1, -0.05) is 0 Å². The molecule has 1 aromatic rings. The normalized spacial score (nSPS) is 12.5. The molecule has 1 unspecified atom stereocenters. The van der Waals surface area contributed by atoms with Crippen LogP contribution in [-0.4, -0.2) is 24.8 Å². The van der Waals surface area contributed by atoms with Crippen LogP contribution in [0.15, 0.2) is 12.1 Å². The maximum absolute atomic E-state index is 5.77. The quantitative estimate of drug-likeness (QED) is 0.798. The third kappa shape index (κ3) is 3.79. The number of hydrogen-bond acceptors (Lipinski definition) is 4. The van der Waals surface area contributed by atoms with Crippen molar-refractivity contribution in [2.45, 2.75) is 32.9 Å². The number of ether oxygens (including phenoxy) is 2. The van der Waals surface area contributed by atoms with Crippen LogP contribution >= 0.6 is 0 Å². The van der Waals surface area contributed by atoms with Crippen LogP contribution in [0.25, 0.3) is 0 Å². The average Bonchev–Trinajstić information content (AvgIpc) is 2.28. The van der Waals surface area contributed by atoms with Gasteiger partial charge in [0.05, 0.1) is 11.8 Å². The summed E-state index contributed by atoms with van der Waals surface area (Å²) in [6, 6.07) is 3.85. The molecule has 0 aliphatic rings. The molecule has 0 spiro atoms. The summed E-state index contributed by atoms with van der Waals surface area (Å²) < 4.78 is 10.8. The fraction of sp³-hybridized carbons (Fsp3) is 0.583. The molecule has 4 nitrogen and oxygen atoms in total. The molecule has 1 aromatic heterocycles. The molecule has 0 bridgehead atoms. The molecule has 16 heavy (non-hydrogen) atoms. The van der Waals surface area contributed by atoms with Gasteiger partial charge in [0, 0.05) is 32.4 Å². The van der Waals surface area contributed by atoms with Crippen molar-refractivity contribution in [2.75, 3.05) is 13.7 Å². The van der Waals surface area contributed by atoms with Crippen LogP contribution < -0.4 is 10.5 Å². The van der Waals surface area contributed by atoms with Crippen LogP contribution in [0.2, 0.25) is 0 Å². The summed E-state index contributed by atoms with van der Waals surface area (Å²) in [5.74, 6) is 0.775. The van der Waals surface area contributed by atoms with Crippen LogP contribution in [0.1, 0.15) is 24.7 Å². The third-order valence-electron chi connectivity index (χ3n) is 2.32. The number of pyridine rings is 1. The van der Waals surface area contributed by atoms with Gasteiger partial charge in [0.2, 0.25) is 0 Å². The maximum atomic E-state index is 5.77. The Labute approximate surface area is 96.8 Å². The molecule has 0 aliphatic heterocycles. The summed E-state index contributed by atoms with van der Waals surface area (Å²) in [4.78, 5) is 4.34. The maximum Gasteiger partial charge on any atom is 0.142 e. The molecule has 1 atom stereocenters. The molecular weight excluding hydrogens is 204 g/mol. The first-order chi connectivity index (χ1) is 7.67. The van der Waals surface area contributed by atoms with E-state index in [2.05, 4.69) is 4.98 Å². The Morgan fingerprint density at radius 1 is 1.44 bits per heavy atom. The Kier molecular flexibility index (Phi) is 5.22. The summed E-state index contributed by atoms with van der Waals surface area (Å²) in [5, 5.41) is 0. The van der Waals surface area contributed by atoms with E-state index < -0.39 is 0 Å². The van der Waals surface area contributed by atoms with Crippen LogP contribution in [0.3, 0.4) is 0 Å². The van der Waals surface area contributed by atoms with E-state index in [1.165, 1.54) is 0 Å². The van der Waals surface area contributed by atoms with Gasteiger partial charge in [-0.2, -0.15) is 0 Å². The van der Waals surface area contributed by atoms with Gasteiger partial charge in [0.15, 0.2) is 0 Å². The van der Waals surface area contributed by atoms with Gasteiger partial charge < -0.3 is 15.2 Å². The van der Waals surface area contributed by atoms with Crippen molar-refractivity contribution in [2.24, 2.45) is 5.73 Å². The molecule has 0 saturated carbocycles. The van der Waals surface area contributed by atoms with Gasteiger partial charge in [0.25, 0.3) is 0 Å². The molecule has 1 heterocycles. The molecule has 0 aliphatic carbocycles. The first-order valence-electron chi connectivity index (χ1n) is 5.49. The molecular formula is C12H20N2O2. The van der Waals surface area contributed by atoms with E-state index in [0.29, 0.717) is 13.2 Å². The predicted molar refractivity (Wildman–Crippen MR) is 63.4 cm³/mol. The number of rotatable bonds is 6. The summed E-state index contributed by atoms with van der Waals surface area (Å²) in [7, 11) is 1.69. The molecule has 4 heteroatoms. The van der Waals surface area contributed by atoms with E-state index in [9.17, 15) is 0 Å². The van der Waals surface area contributed by atoms with E-state index >= 15 is 0 Å². The lowest BCUT2D eigenvalue weighted by Gasteiger charge is -2.16. The van der Waals surface area contributed by atoms with Crippen molar-refractivity contribution in [1.29, 1.82) is 0 Å². The summed E-state index contributed by atoms with van der Waals surface area (Å²) in [6.07, 6.45) is 0.962. The van der Waals surface area contributed by atoms with Crippen molar-refractivity contribution < 1.29 is 9.47 Å². The Hall–Kier alpha value is -1.13. The lowest BCUT2D eigenvalue weighted by Crippen LogP contribution is -2.16. The van der Waals surface area contributed by atoms with E-state index in [4.69, 9.17) is 15.2 Å². The largest absolute Gasteiger partial charge is 0.489 e. The van der Waals surface area contributed by atoms with Crippen molar-refractivity contribution in [1.82, 2.24) is 4.98 Å². The van der Waals surface area contributed by atoms with Gasteiger partial charge in [-0.15, -0.1) is 0 Å². The van der Waals surface area contributed by atoms with Crippen molar-refractivity contribution in [3.8, 4) is 5.75 Å². The van der Waals surface area contributed by atoms with E-state index in [1.807, 2.05) is 26.0 Å². The zero-order valence-corrected chi connectivity index (χ0v) is 10.2. The standard InChI is InChI=1S/C12H20N2O2/c1-9-4-5-12(11(8-13)14-9)16-10(2)6-7-15-3/h4-5,10H,6-8,13H2,1-3H3. The van der Waals surface area contributed by atoms with Crippen LogP contribution in [0.4, 0.5) is 0 Å². The number of aromatic nitrogens is 1. The molecule has 0 fully saturated rings. The van der Waals surface area contributed by atoms with Gasteiger partial charge >= 0.3 is 0 Å². The number of methoxy groups -OCH3 is 1. The van der Waals surface area contributed by atoms with Gasteiger partial charge in [0.1, 0.15) is 5.75 Å². The second-order valence-corrected chi connectivity index (χ2v) is 3.81. The fourth-order valence-electron chi connectivity index (χ4n) is 1.41. The highest BCUT2D eigenvalue weighted by molar-refractivity contribution is 5.29. The SMILES string of the molecule is COCCC(C)Oc1ccc(C)nc1CN.